The molecule has 0 radical (unpaired) electrons. The van der Waals surface area contributed by atoms with E-state index in [2.05, 4.69) is 16.6 Å². The highest BCUT2D eigenvalue weighted by molar-refractivity contribution is 7.11. The molecule has 1 fully saturated rings. The van der Waals surface area contributed by atoms with Gasteiger partial charge in [-0.2, -0.15) is 4.37 Å². The van der Waals surface area contributed by atoms with Crippen LogP contribution < -0.4 is 15.8 Å². The second kappa shape index (κ2) is 5.58. The maximum Gasteiger partial charge on any atom is 0.197 e. The van der Waals surface area contributed by atoms with Crippen molar-refractivity contribution in [2.24, 2.45) is 11.8 Å². The van der Waals surface area contributed by atoms with Crippen molar-refractivity contribution in [3.8, 4) is 5.75 Å². The third kappa shape index (κ3) is 3.03. The summed E-state index contributed by atoms with van der Waals surface area (Å²) in [5.74, 6) is 2.86. The third-order valence-electron chi connectivity index (χ3n) is 3.56. The normalized spacial score (nSPS) is 24.6. The van der Waals surface area contributed by atoms with Crippen LogP contribution in [0.25, 0.3) is 0 Å². The Kier molecular flexibility index (Phi) is 4.10. The van der Waals surface area contributed by atoms with E-state index in [1.165, 1.54) is 37.2 Å². The molecule has 1 saturated carbocycles. The van der Waals surface area contributed by atoms with Crippen LogP contribution in [0.5, 0.6) is 5.75 Å². The van der Waals surface area contributed by atoms with Gasteiger partial charge in [-0.15, -0.1) is 0 Å². The fourth-order valence-electron chi connectivity index (χ4n) is 2.37. The first kappa shape index (κ1) is 12.5. The van der Waals surface area contributed by atoms with Crippen molar-refractivity contribution >= 4 is 22.4 Å². The molecule has 3 N–H and O–H groups in total. The lowest BCUT2D eigenvalue weighted by molar-refractivity contribution is 0.300. The lowest BCUT2D eigenvalue weighted by atomic mass is 9.83. The van der Waals surface area contributed by atoms with Gasteiger partial charge in [0.05, 0.1) is 7.11 Å². The van der Waals surface area contributed by atoms with Gasteiger partial charge in [0.1, 0.15) is 0 Å². The van der Waals surface area contributed by atoms with E-state index in [0.29, 0.717) is 11.6 Å². The predicted molar refractivity (Wildman–Crippen MR) is 72.7 cm³/mol. The SMILES string of the molecule is COc1c(N)nsc1NCC1CCC(C)CC1. The van der Waals surface area contributed by atoms with Crippen molar-refractivity contribution in [1.29, 1.82) is 0 Å². The number of methoxy groups -OCH3 is 1. The Morgan fingerprint density at radius 3 is 2.76 bits per heavy atom. The molecule has 0 amide bonds. The number of nitrogens with zero attached hydrogens (tertiary/aromatic N) is 1. The molecule has 0 aromatic carbocycles. The van der Waals surface area contributed by atoms with Gasteiger partial charge in [0.25, 0.3) is 0 Å². The van der Waals surface area contributed by atoms with Crippen LogP contribution in [-0.2, 0) is 0 Å². The van der Waals surface area contributed by atoms with Crippen molar-refractivity contribution in [2.75, 3.05) is 24.7 Å². The number of rotatable bonds is 4. The monoisotopic (exact) mass is 255 g/mol. The minimum atomic E-state index is 0.484. The van der Waals surface area contributed by atoms with Crippen molar-refractivity contribution in [1.82, 2.24) is 4.37 Å². The number of hydrogen-bond donors (Lipinski definition) is 2. The first-order valence-electron chi connectivity index (χ1n) is 6.23. The first-order valence-corrected chi connectivity index (χ1v) is 7.01. The standard InChI is InChI=1S/C12H21N3OS/c1-8-3-5-9(6-4-8)7-14-12-10(16-2)11(13)15-17-12/h8-9,14H,3-7H2,1-2H3,(H2,13,15). The average molecular weight is 255 g/mol. The summed E-state index contributed by atoms with van der Waals surface area (Å²) in [6, 6.07) is 0. The van der Waals surface area contributed by atoms with Gasteiger partial charge in [0.2, 0.25) is 0 Å². The van der Waals surface area contributed by atoms with Crippen LogP contribution in [0.4, 0.5) is 10.8 Å². The number of anilines is 2. The summed E-state index contributed by atoms with van der Waals surface area (Å²) in [7, 11) is 1.63. The number of aromatic nitrogens is 1. The van der Waals surface area contributed by atoms with E-state index in [1.54, 1.807) is 7.11 Å². The summed E-state index contributed by atoms with van der Waals surface area (Å²) >= 11 is 1.38. The third-order valence-corrected chi connectivity index (χ3v) is 4.37. The minimum absolute atomic E-state index is 0.484. The fraction of sp³-hybridized carbons (Fsp3) is 0.750. The summed E-state index contributed by atoms with van der Waals surface area (Å²) in [6.45, 7) is 3.35. The average Bonchev–Trinajstić information content (AvgIpc) is 2.69. The quantitative estimate of drug-likeness (QED) is 0.868. The van der Waals surface area contributed by atoms with Crippen LogP contribution in [0.3, 0.4) is 0 Å². The van der Waals surface area contributed by atoms with Crippen molar-refractivity contribution < 1.29 is 4.74 Å². The van der Waals surface area contributed by atoms with E-state index >= 15 is 0 Å². The van der Waals surface area contributed by atoms with Crippen LogP contribution in [0, 0.1) is 11.8 Å². The second-order valence-electron chi connectivity index (χ2n) is 4.94. The molecule has 5 heteroatoms. The molecule has 0 unspecified atom stereocenters. The Hall–Kier alpha value is -0.970. The van der Waals surface area contributed by atoms with Crippen LogP contribution in [0.2, 0.25) is 0 Å². The molecule has 0 atom stereocenters. The Morgan fingerprint density at radius 1 is 1.41 bits per heavy atom. The summed E-state index contributed by atoms with van der Waals surface area (Å²) in [6.07, 6.45) is 5.36. The number of nitrogens with two attached hydrogens (primary N) is 1. The van der Waals surface area contributed by atoms with E-state index < -0.39 is 0 Å². The Balaban J connectivity index is 1.85. The summed E-state index contributed by atoms with van der Waals surface area (Å²) < 4.78 is 9.33. The Bertz CT molecular complexity index is 359. The number of nitrogens with one attached hydrogen (secondary N) is 1. The zero-order chi connectivity index (χ0) is 12.3. The van der Waals surface area contributed by atoms with E-state index in [4.69, 9.17) is 10.5 Å². The highest BCUT2D eigenvalue weighted by Crippen LogP contribution is 2.35. The minimum Gasteiger partial charge on any atom is -0.490 e. The lowest BCUT2D eigenvalue weighted by Crippen LogP contribution is -2.19. The van der Waals surface area contributed by atoms with Gasteiger partial charge in [0.15, 0.2) is 16.6 Å². The molecule has 0 spiro atoms. The highest BCUT2D eigenvalue weighted by atomic mass is 32.1. The van der Waals surface area contributed by atoms with Gasteiger partial charge in [-0.25, -0.2) is 0 Å². The molecule has 4 nitrogen and oxygen atoms in total. The largest absolute Gasteiger partial charge is 0.490 e. The van der Waals surface area contributed by atoms with E-state index in [1.807, 2.05) is 0 Å². The fourth-order valence-corrected chi connectivity index (χ4v) is 3.07. The molecule has 96 valence electrons. The van der Waals surface area contributed by atoms with Gasteiger partial charge in [-0.1, -0.05) is 19.8 Å². The van der Waals surface area contributed by atoms with Crippen molar-refractivity contribution in [3.05, 3.63) is 0 Å². The molecule has 0 aliphatic heterocycles. The van der Waals surface area contributed by atoms with Crippen LogP contribution in [0.15, 0.2) is 0 Å². The van der Waals surface area contributed by atoms with Gasteiger partial charge in [0, 0.05) is 6.54 Å². The first-order chi connectivity index (χ1) is 8.20. The van der Waals surface area contributed by atoms with Gasteiger partial charge in [-0.05, 0) is 36.2 Å². The molecular weight excluding hydrogens is 234 g/mol. The molecule has 17 heavy (non-hydrogen) atoms. The molecule has 1 aromatic heterocycles. The molecule has 1 aromatic rings. The number of nitrogen functional groups attached to an aromatic ring is 1. The Morgan fingerprint density at radius 2 is 2.12 bits per heavy atom. The van der Waals surface area contributed by atoms with Crippen LogP contribution in [0.1, 0.15) is 32.6 Å². The summed E-state index contributed by atoms with van der Waals surface area (Å²) in [5, 5.41) is 4.38. The van der Waals surface area contributed by atoms with Gasteiger partial charge < -0.3 is 15.8 Å². The number of hydrogen-bond acceptors (Lipinski definition) is 5. The van der Waals surface area contributed by atoms with E-state index in [-0.39, 0.29) is 0 Å². The molecule has 1 aliphatic rings. The second-order valence-corrected chi connectivity index (χ2v) is 5.71. The van der Waals surface area contributed by atoms with Crippen molar-refractivity contribution in [3.63, 3.8) is 0 Å². The Labute approximate surface area is 107 Å². The number of ether oxygens (including phenoxy) is 1. The van der Waals surface area contributed by atoms with Crippen LogP contribution in [-0.4, -0.2) is 18.0 Å². The molecule has 1 heterocycles. The van der Waals surface area contributed by atoms with Crippen LogP contribution >= 0.6 is 11.5 Å². The maximum atomic E-state index is 5.71. The lowest BCUT2D eigenvalue weighted by Gasteiger charge is -2.26. The van der Waals surface area contributed by atoms with Crippen molar-refractivity contribution in [2.45, 2.75) is 32.6 Å². The summed E-state index contributed by atoms with van der Waals surface area (Å²) in [4.78, 5) is 0. The van der Waals surface area contributed by atoms with Gasteiger partial charge >= 0.3 is 0 Å². The van der Waals surface area contributed by atoms with E-state index in [0.717, 1.165) is 23.4 Å². The maximum absolute atomic E-state index is 5.71. The topological polar surface area (TPSA) is 60.2 Å². The molecular formula is C12H21N3OS. The molecule has 0 saturated heterocycles. The van der Waals surface area contributed by atoms with E-state index in [9.17, 15) is 0 Å². The molecule has 0 bridgehead atoms. The highest BCUT2D eigenvalue weighted by Gasteiger charge is 2.19. The smallest absolute Gasteiger partial charge is 0.197 e. The molecule has 2 rings (SSSR count). The summed E-state index contributed by atoms with van der Waals surface area (Å²) in [5.41, 5.74) is 5.71. The molecule has 1 aliphatic carbocycles. The zero-order valence-electron chi connectivity index (χ0n) is 10.5. The zero-order valence-corrected chi connectivity index (χ0v) is 11.3. The predicted octanol–water partition coefficient (Wildman–Crippen LogP) is 2.97. The van der Waals surface area contributed by atoms with Gasteiger partial charge in [-0.3, -0.25) is 0 Å².